The van der Waals surface area contributed by atoms with Crippen LogP contribution in [0.4, 0.5) is 0 Å². The van der Waals surface area contributed by atoms with Crippen molar-refractivity contribution in [1.82, 2.24) is 15.0 Å². The Hall–Kier alpha value is -3.28. The fourth-order valence-corrected chi connectivity index (χ4v) is 4.53. The highest BCUT2D eigenvalue weighted by atomic mass is 16.5. The van der Waals surface area contributed by atoms with Gasteiger partial charge in [0.1, 0.15) is 22.9 Å². The van der Waals surface area contributed by atoms with E-state index in [1.807, 2.05) is 32.0 Å². The van der Waals surface area contributed by atoms with E-state index in [0.717, 1.165) is 30.3 Å². The molecule has 1 atom stereocenters. The number of aromatic nitrogens is 3. The molecule has 0 saturated heterocycles. The fraction of sp³-hybridized carbons (Fsp3) is 0.333. The second-order valence-electron chi connectivity index (χ2n) is 8.52. The van der Waals surface area contributed by atoms with Crippen LogP contribution < -0.4 is 0 Å². The van der Waals surface area contributed by atoms with Crippen molar-refractivity contribution in [2.24, 2.45) is 0 Å². The van der Waals surface area contributed by atoms with Gasteiger partial charge in [-0.2, -0.15) is 0 Å². The van der Waals surface area contributed by atoms with Gasteiger partial charge in [-0.15, -0.1) is 5.10 Å². The van der Waals surface area contributed by atoms with Crippen LogP contribution in [0.1, 0.15) is 61.1 Å². The maximum atomic E-state index is 13.1. The van der Waals surface area contributed by atoms with E-state index >= 15 is 0 Å². The molecule has 6 nitrogen and oxygen atoms in total. The molecule has 1 aliphatic heterocycles. The highest BCUT2D eigenvalue weighted by molar-refractivity contribution is 6.52. The number of fused-ring (bicyclic) bond motifs is 3. The summed E-state index contributed by atoms with van der Waals surface area (Å²) in [5, 5.41) is 8.75. The predicted octanol–water partition coefficient (Wildman–Crippen LogP) is 4.30. The number of Topliss-reactive ketones (excluding diaryl/α,β-unsaturated/α-hetero) is 2. The van der Waals surface area contributed by atoms with Gasteiger partial charge in [-0.1, -0.05) is 48.9 Å². The van der Waals surface area contributed by atoms with Gasteiger partial charge in [-0.05, 0) is 44.4 Å². The van der Waals surface area contributed by atoms with Crippen molar-refractivity contribution in [3.05, 3.63) is 64.7 Å². The third-order valence-corrected chi connectivity index (χ3v) is 6.01. The summed E-state index contributed by atoms with van der Waals surface area (Å²) in [6.07, 6.45) is 3.25. The molecule has 2 heterocycles. The second-order valence-corrected chi connectivity index (χ2v) is 8.52. The van der Waals surface area contributed by atoms with Crippen molar-refractivity contribution in [3.63, 3.8) is 0 Å². The number of hydrogen-bond donors (Lipinski definition) is 0. The number of ether oxygens (including phenoxy) is 1. The first-order valence-electron chi connectivity index (χ1n) is 10.4. The molecule has 152 valence electrons. The molecule has 1 aliphatic carbocycles. The minimum absolute atomic E-state index is 0.366. The summed E-state index contributed by atoms with van der Waals surface area (Å²) in [5.41, 5.74) is 3.48. The zero-order valence-electron chi connectivity index (χ0n) is 17.3. The fourth-order valence-electron chi connectivity index (χ4n) is 4.53. The van der Waals surface area contributed by atoms with Crippen LogP contribution in [0, 0.1) is 0 Å². The summed E-state index contributed by atoms with van der Waals surface area (Å²) in [7, 11) is 0. The Kier molecular flexibility index (Phi) is 4.13. The minimum atomic E-state index is -0.764. The number of aryl methyl sites for hydroxylation is 1. The van der Waals surface area contributed by atoms with Crippen LogP contribution in [0.3, 0.4) is 0 Å². The van der Waals surface area contributed by atoms with E-state index in [4.69, 9.17) is 4.74 Å². The quantitative estimate of drug-likeness (QED) is 0.610. The summed E-state index contributed by atoms with van der Waals surface area (Å²) in [4.78, 5) is 25.9. The molecule has 2 aromatic carbocycles. The molecule has 0 amide bonds. The summed E-state index contributed by atoms with van der Waals surface area (Å²) < 4.78 is 8.01. The van der Waals surface area contributed by atoms with Gasteiger partial charge in [0.25, 0.3) is 0 Å². The van der Waals surface area contributed by atoms with E-state index in [9.17, 15) is 9.59 Å². The molecule has 0 fully saturated rings. The Balaban J connectivity index is 1.66. The first kappa shape index (κ1) is 18.7. The van der Waals surface area contributed by atoms with Crippen molar-refractivity contribution in [2.45, 2.75) is 51.7 Å². The second kappa shape index (κ2) is 6.62. The van der Waals surface area contributed by atoms with Crippen molar-refractivity contribution in [2.75, 3.05) is 0 Å². The molecule has 1 aromatic heterocycles. The van der Waals surface area contributed by atoms with Crippen molar-refractivity contribution < 1.29 is 14.3 Å². The molecule has 0 spiro atoms. The number of carbonyl (C=O) groups is 2. The number of hydrogen-bond acceptors (Lipinski definition) is 5. The van der Waals surface area contributed by atoms with Crippen molar-refractivity contribution >= 4 is 28.4 Å². The Morgan fingerprint density at radius 3 is 2.60 bits per heavy atom. The largest absolute Gasteiger partial charge is 0.484 e. The van der Waals surface area contributed by atoms with Crippen LogP contribution in [-0.4, -0.2) is 32.2 Å². The molecular formula is C24H23N3O3. The van der Waals surface area contributed by atoms with Crippen molar-refractivity contribution in [1.29, 1.82) is 0 Å². The van der Waals surface area contributed by atoms with Crippen LogP contribution in [0.25, 0.3) is 16.8 Å². The lowest BCUT2D eigenvalue weighted by molar-refractivity contribution is -0.112. The van der Waals surface area contributed by atoms with Gasteiger partial charge in [0.05, 0.1) is 11.1 Å². The van der Waals surface area contributed by atoms with E-state index < -0.39 is 23.2 Å². The molecule has 0 radical (unpaired) electrons. The molecule has 3 aromatic rings. The Labute approximate surface area is 174 Å². The van der Waals surface area contributed by atoms with Gasteiger partial charge in [-0.25, -0.2) is 4.68 Å². The lowest BCUT2D eigenvalue weighted by Gasteiger charge is -2.27. The van der Waals surface area contributed by atoms with E-state index in [2.05, 4.69) is 29.4 Å². The smallest absolute Gasteiger partial charge is 0.235 e. The van der Waals surface area contributed by atoms with E-state index in [0.29, 0.717) is 22.5 Å². The number of nitrogens with zero attached hydrogens (tertiary/aromatic N) is 3. The molecular weight excluding hydrogens is 378 g/mol. The molecule has 0 N–H and O–H groups in total. The molecule has 2 aliphatic rings. The van der Waals surface area contributed by atoms with Crippen LogP contribution in [0.2, 0.25) is 0 Å². The molecule has 1 unspecified atom stereocenters. The third-order valence-electron chi connectivity index (χ3n) is 6.01. The van der Waals surface area contributed by atoms with Gasteiger partial charge in [0.15, 0.2) is 0 Å². The first-order chi connectivity index (χ1) is 14.4. The van der Waals surface area contributed by atoms with Crippen LogP contribution in [-0.2, 0) is 16.0 Å². The van der Waals surface area contributed by atoms with Gasteiger partial charge < -0.3 is 4.74 Å². The zero-order chi connectivity index (χ0) is 21.0. The summed E-state index contributed by atoms with van der Waals surface area (Å²) in [5.74, 6) is -0.544. The summed E-state index contributed by atoms with van der Waals surface area (Å²) >= 11 is 0. The predicted molar refractivity (Wildman–Crippen MR) is 113 cm³/mol. The number of benzene rings is 2. The number of carbonyl (C=O) groups excluding carboxylic acids is 2. The summed E-state index contributed by atoms with van der Waals surface area (Å²) in [6.45, 7) is 6.00. The Morgan fingerprint density at radius 2 is 1.83 bits per heavy atom. The standard InChI is InChI=1S/C24H23N3O3/c1-4-5-8-14-11-12-18-17(13-14)25-26-27(18)23-19-21(29)20(28)15-9-6-7-10-16(15)22(19)30-24(23,2)3/h6-7,9-13,23H,4-5,8H2,1-3H3. The van der Waals surface area contributed by atoms with Gasteiger partial charge in [-0.3, -0.25) is 9.59 Å². The SMILES string of the molecule is CCCCc1ccc2c(c1)nnn2C1C2=C(OC1(C)C)c1ccccc1C(=O)C2=O. The van der Waals surface area contributed by atoms with Crippen LogP contribution in [0.15, 0.2) is 48.0 Å². The monoisotopic (exact) mass is 401 g/mol. The van der Waals surface area contributed by atoms with Gasteiger partial charge >= 0.3 is 0 Å². The lowest BCUT2D eigenvalue weighted by atomic mass is 9.83. The first-order valence-corrected chi connectivity index (χ1v) is 10.4. The average molecular weight is 401 g/mol. The Morgan fingerprint density at radius 1 is 1.07 bits per heavy atom. The Bertz CT molecular complexity index is 1240. The van der Waals surface area contributed by atoms with Crippen LogP contribution >= 0.6 is 0 Å². The molecule has 0 bridgehead atoms. The lowest BCUT2D eigenvalue weighted by Crippen LogP contribution is -2.35. The van der Waals surface area contributed by atoms with E-state index in [-0.39, 0.29) is 0 Å². The summed E-state index contributed by atoms with van der Waals surface area (Å²) in [6, 6.07) is 12.7. The highest BCUT2D eigenvalue weighted by Crippen LogP contribution is 2.50. The molecule has 30 heavy (non-hydrogen) atoms. The minimum Gasteiger partial charge on any atom is -0.484 e. The van der Waals surface area contributed by atoms with E-state index in [1.165, 1.54) is 5.56 Å². The van der Waals surface area contributed by atoms with Crippen LogP contribution in [0.5, 0.6) is 0 Å². The van der Waals surface area contributed by atoms with Gasteiger partial charge in [0, 0.05) is 11.1 Å². The topological polar surface area (TPSA) is 74.1 Å². The average Bonchev–Trinajstić information content (AvgIpc) is 3.27. The third kappa shape index (κ3) is 2.63. The maximum absolute atomic E-state index is 13.1. The normalized spacial score (nSPS) is 19.8. The number of unbranched alkanes of at least 4 members (excludes halogenated alkanes) is 1. The highest BCUT2D eigenvalue weighted by Gasteiger charge is 2.52. The van der Waals surface area contributed by atoms with Crippen molar-refractivity contribution in [3.8, 4) is 0 Å². The van der Waals surface area contributed by atoms with Gasteiger partial charge in [0.2, 0.25) is 11.6 Å². The zero-order valence-corrected chi connectivity index (χ0v) is 17.3. The molecule has 5 rings (SSSR count). The number of rotatable bonds is 4. The molecule has 6 heteroatoms. The molecule has 0 saturated carbocycles. The number of ketones is 2. The van der Waals surface area contributed by atoms with E-state index in [1.54, 1.807) is 16.8 Å². The maximum Gasteiger partial charge on any atom is 0.235 e.